The second-order valence-corrected chi connectivity index (χ2v) is 8.44. The quantitative estimate of drug-likeness (QED) is 0.908. The number of fused-ring (bicyclic) bond motifs is 5. The summed E-state index contributed by atoms with van der Waals surface area (Å²) in [6, 6.07) is 8.38. The van der Waals surface area contributed by atoms with Crippen molar-refractivity contribution in [1.82, 2.24) is 14.8 Å². The first-order valence-electron chi connectivity index (χ1n) is 9.48. The lowest BCUT2D eigenvalue weighted by molar-refractivity contribution is 0.0732. The summed E-state index contributed by atoms with van der Waals surface area (Å²) in [4.78, 5) is 21.1. The van der Waals surface area contributed by atoms with Gasteiger partial charge < -0.3 is 9.88 Å². The molecule has 3 saturated heterocycles. The fraction of sp³-hybridized carbons (Fsp3) is 0.550. The molecule has 0 spiro atoms. The van der Waals surface area contributed by atoms with E-state index in [0.717, 1.165) is 36.5 Å². The van der Waals surface area contributed by atoms with Crippen LogP contribution in [0.2, 0.25) is 5.02 Å². The van der Waals surface area contributed by atoms with Crippen molar-refractivity contribution >= 4 is 28.4 Å². The minimum Gasteiger partial charge on any atom is -0.349 e. The number of rotatable bonds is 3. The highest BCUT2D eigenvalue weighted by Gasteiger charge is 2.39. The lowest BCUT2D eigenvalue weighted by Gasteiger charge is -2.36. The summed E-state index contributed by atoms with van der Waals surface area (Å²) in [6.07, 6.45) is 5.25. The summed E-state index contributed by atoms with van der Waals surface area (Å²) >= 11 is 6.52. The van der Waals surface area contributed by atoms with E-state index in [-0.39, 0.29) is 5.91 Å². The van der Waals surface area contributed by atoms with Gasteiger partial charge in [0.05, 0.1) is 5.02 Å². The fourth-order valence-electron chi connectivity index (χ4n) is 4.61. The van der Waals surface area contributed by atoms with Gasteiger partial charge in [0.25, 0.3) is 5.91 Å². The van der Waals surface area contributed by atoms with Gasteiger partial charge in [-0.15, -0.1) is 0 Å². The van der Waals surface area contributed by atoms with Crippen LogP contribution in [0.5, 0.6) is 0 Å². The van der Waals surface area contributed by atoms with Crippen LogP contribution in [-0.2, 0) is 0 Å². The van der Waals surface area contributed by atoms with Crippen molar-refractivity contribution in [3.05, 3.63) is 35.0 Å². The molecule has 1 aliphatic carbocycles. The van der Waals surface area contributed by atoms with E-state index in [0.29, 0.717) is 22.7 Å². The second-order valence-electron chi connectivity index (χ2n) is 8.06. The fourth-order valence-corrected chi connectivity index (χ4v) is 4.91. The van der Waals surface area contributed by atoms with Crippen molar-refractivity contribution in [2.24, 2.45) is 11.8 Å². The third-order valence-corrected chi connectivity index (χ3v) is 6.55. The van der Waals surface area contributed by atoms with Crippen LogP contribution < -0.4 is 0 Å². The Morgan fingerprint density at radius 3 is 2.76 bits per heavy atom. The largest absolute Gasteiger partial charge is 0.349 e. The number of hydrogen-bond donors (Lipinski definition) is 1. The van der Waals surface area contributed by atoms with Crippen LogP contribution in [0, 0.1) is 11.8 Å². The number of nitrogens with one attached hydrogen (secondary N) is 1. The molecule has 2 aromatic rings. The first-order valence-corrected chi connectivity index (χ1v) is 9.86. The molecule has 6 rings (SSSR count). The Labute approximate surface area is 153 Å². The molecule has 2 atom stereocenters. The summed E-state index contributed by atoms with van der Waals surface area (Å²) in [5.41, 5.74) is 1.49. The summed E-state index contributed by atoms with van der Waals surface area (Å²) in [5, 5.41) is 1.49. The van der Waals surface area contributed by atoms with Gasteiger partial charge >= 0.3 is 0 Å². The molecule has 1 saturated carbocycles. The number of para-hydroxylation sites is 1. The first kappa shape index (κ1) is 15.7. The first-order chi connectivity index (χ1) is 12.2. The lowest BCUT2D eigenvalue weighted by Crippen LogP contribution is -2.45. The van der Waals surface area contributed by atoms with Gasteiger partial charge in [-0.3, -0.25) is 9.69 Å². The van der Waals surface area contributed by atoms with E-state index < -0.39 is 0 Å². The SMILES string of the molecule is O=C(c1[nH]c2ccccc2c1Cl)N1C[C@@H]2CC[C@H](C1)N(CC1CC1)C2. The van der Waals surface area contributed by atoms with E-state index in [4.69, 9.17) is 11.6 Å². The van der Waals surface area contributed by atoms with E-state index in [2.05, 4.69) is 9.88 Å². The van der Waals surface area contributed by atoms with Gasteiger partial charge in [-0.1, -0.05) is 29.8 Å². The van der Waals surface area contributed by atoms with Crippen molar-refractivity contribution in [3.8, 4) is 0 Å². The molecule has 4 aliphatic rings. The number of amides is 1. The number of piperidine rings is 1. The molecule has 1 aromatic heterocycles. The highest BCUT2D eigenvalue weighted by molar-refractivity contribution is 6.38. The summed E-state index contributed by atoms with van der Waals surface area (Å²) in [7, 11) is 0. The van der Waals surface area contributed by atoms with Crippen LogP contribution in [0.4, 0.5) is 0 Å². The molecule has 0 radical (unpaired) electrons. The predicted molar refractivity (Wildman–Crippen MR) is 100 cm³/mol. The molecule has 1 N–H and O–H groups in total. The zero-order valence-electron chi connectivity index (χ0n) is 14.4. The van der Waals surface area contributed by atoms with Crippen molar-refractivity contribution < 1.29 is 4.79 Å². The molecule has 1 aromatic carbocycles. The summed E-state index contributed by atoms with van der Waals surface area (Å²) in [5.74, 6) is 1.57. The van der Waals surface area contributed by atoms with Gasteiger partial charge in [-0.25, -0.2) is 0 Å². The molecule has 132 valence electrons. The van der Waals surface area contributed by atoms with Crippen LogP contribution in [-0.4, -0.2) is 52.9 Å². The monoisotopic (exact) mass is 357 g/mol. The molecule has 3 aliphatic heterocycles. The maximum Gasteiger partial charge on any atom is 0.271 e. The molecule has 4 fully saturated rings. The van der Waals surface area contributed by atoms with Crippen LogP contribution in [0.1, 0.15) is 36.2 Å². The zero-order chi connectivity index (χ0) is 17.0. The Kier molecular flexibility index (Phi) is 3.79. The third-order valence-electron chi connectivity index (χ3n) is 6.16. The molecular weight excluding hydrogens is 334 g/mol. The lowest BCUT2D eigenvalue weighted by atomic mass is 9.95. The highest BCUT2D eigenvalue weighted by Crippen LogP contribution is 2.36. The number of nitrogens with zero attached hydrogens (tertiary/aromatic N) is 2. The number of carbonyl (C=O) groups is 1. The van der Waals surface area contributed by atoms with E-state index in [1.165, 1.54) is 32.2 Å². The van der Waals surface area contributed by atoms with Gasteiger partial charge in [-0.05, 0) is 43.6 Å². The van der Waals surface area contributed by atoms with Gasteiger partial charge in [0.15, 0.2) is 0 Å². The van der Waals surface area contributed by atoms with Gasteiger partial charge in [0, 0.05) is 43.1 Å². The van der Waals surface area contributed by atoms with Gasteiger partial charge in [0.1, 0.15) is 5.69 Å². The average Bonchev–Trinajstić information content (AvgIpc) is 3.42. The van der Waals surface area contributed by atoms with Gasteiger partial charge in [0.2, 0.25) is 0 Å². The maximum atomic E-state index is 13.2. The molecule has 4 heterocycles. The van der Waals surface area contributed by atoms with Crippen molar-refractivity contribution in [2.45, 2.75) is 31.7 Å². The Morgan fingerprint density at radius 2 is 1.96 bits per heavy atom. The minimum atomic E-state index is 0.0615. The van der Waals surface area contributed by atoms with Crippen molar-refractivity contribution in [3.63, 3.8) is 0 Å². The molecule has 25 heavy (non-hydrogen) atoms. The number of aromatic nitrogens is 1. The van der Waals surface area contributed by atoms with E-state index in [1.54, 1.807) is 0 Å². The Balaban J connectivity index is 1.40. The topological polar surface area (TPSA) is 39.3 Å². The molecule has 0 unspecified atom stereocenters. The van der Waals surface area contributed by atoms with Crippen LogP contribution >= 0.6 is 11.6 Å². The molecular formula is C20H24ClN3O. The van der Waals surface area contributed by atoms with Crippen LogP contribution in [0.3, 0.4) is 0 Å². The van der Waals surface area contributed by atoms with E-state index in [1.807, 2.05) is 29.2 Å². The molecule has 4 nitrogen and oxygen atoms in total. The highest BCUT2D eigenvalue weighted by atomic mass is 35.5. The minimum absolute atomic E-state index is 0.0615. The Hall–Kier alpha value is -1.52. The molecule has 1 amide bonds. The van der Waals surface area contributed by atoms with Crippen molar-refractivity contribution in [2.75, 3.05) is 26.2 Å². The van der Waals surface area contributed by atoms with Crippen LogP contribution in [0.25, 0.3) is 10.9 Å². The number of carbonyl (C=O) groups excluding carboxylic acids is 1. The predicted octanol–water partition coefficient (Wildman–Crippen LogP) is 3.77. The summed E-state index contributed by atoms with van der Waals surface area (Å²) in [6.45, 7) is 4.09. The van der Waals surface area contributed by atoms with Crippen LogP contribution in [0.15, 0.2) is 24.3 Å². The number of halogens is 1. The smallest absolute Gasteiger partial charge is 0.271 e. The molecule has 2 bridgehead atoms. The standard InChI is InChI=1S/C20H24ClN3O/c21-18-16-3-1-2-4-17(16)22-19(18)20(25)24-11-14-7-8-15(12-24)23(10-14)9-13-5-6-13/h1-4,13-15,22H,5-12H2/t14-,15-/m1/s1. The average molecular weight is 358 g/mol. The van der Waals surface area contributed by atoms with E-state index in [9.17, 15) is 4.79 Å². The number of hydrogen-bond acceptors (Lipinski definition) is 2. The van der Waals surface area contributed by atoms with Gasteiger partial charge in [-0.2, -0.15) is 0 Å². The second kappa shape index (κ2) is 6.03. The van der Waals surface area contributed by atoms with Crippen molar-refractivity contribution in [1.29, 1.82) is 0 Å². The Morgan fingerprint density at radius 1 is 1.12 bits per heavy atom. The third kappa shape index (κ3) is 2.85. The maximum absolute atomic E-state index is 13.2. The summed E-state index contributed by atoms with van der Waals surface area (Å²) < 4.78 is 0. The normalized spacial score (nSPS) is 27.0. The number of benzene rings is 1. The number of H-pyrrole nitrogens is 1. The zero-order valence-corrected chi connectivity index (χ0v) is 15.1. The molecule has 5 heteroatoms. The number of aromatic amines is 1. The Bertz CT molecular complexity index is 812. The van der Waals surface area contributed by atoms with E-state index >= 15 is 0 Å².